The SMILES string of the molecule is CCCNS(=O)(=O)Nc1ccc(CS(N)(=O)=O)cc1. The van der Waals surface area contributed by atoms with Gasteiger partial charge in [-0.15, -0.1) is 0 Å². The van der Waals surface area contributed by atoms with Crippen molar-refractivity contribution in [3.63, 3.8) is 0 Å². The van der Waals surface area contributed by atoms with E-state index in [1.165, 1.54) is 24.3 Å². The fraction of sp³-hybridized carbons (Fsp3) is 0.400. The van der Waals surface area contributed by atoms with Gasteiger partial charge in [0.1, 0.15) is 0 Å². The highest BCUT2D eigenvalue weighted by Gasteiger charge is 2.09. The van der Waals surface area contributed by atoms with E-state index in [-0.39, 0.29) is 5.75 Å². The Hall–Kier alpha value is -1.16. The van der Waals surface area contributed by atoms with Crippen LogP contribution in [0.5, 0.6) is 0 Å². The van der Waals surface area contributed by atoms with Gasteiger partial charge in [0.05, 0.1) is 5.75 Å². The molecule has 4 N–H and O–H groups in total. The van der Waals surface area contributed by atoms with Crippen molar-refractivity contribution in [3.8, 4) is 0 Å². The third kappa shape index (κ3) is 6.53. The summed E-state index contributed by atoms with van der Waals surface area (Å²) in [6, 6.07) is 5.96. The summed E-state index contributed by atoms with van der Waals surface area (Å²) in [6.07, 6.45) is 0.689. The van der Waals surface area contributed by atoms with Crippen LogP contribution in [0.25, 0.3) is 0 Å². The average Bonchev–Trinajstić information content (AvgIpc) is 2.27. The Morgan fingerprint density at radius 1 is 1.11 bits per heavy atom. The molecule has 0 atom stereocenters. The number of rotatable bonds is 7. The molecule has 0 aliphatic heterocycles. The van der Waals surface area contributed by atoms with E-state index in [9.17, 15) is 16.8 Å². The van der Waals surface area contributed by atoms with Crippen LogP contribution in [-0.2, 0) is 26.0 Å². The van der Waals surface area contributed by atoms with Gasteiger partial charge in [-0.05, 0) is 24.1 Å². The normalized spacial score (nSPS) is 12.3. The van der Waals surface area contributed by atoms with Crippen molar-refractivity contribution in [1.29, 1.82) is 0 Å². The number of sulfonamides is 1. The van der Waals surface area contributed by atoms with Crippen molar-refractivity contribution >= 4 is 25.9 Å². The molecule has 0 aromatic heterocycles. The maximum Gasteiger partial charge on any atom is 0.299 e. The second-order valence-corrected chi connectivity index (χ2v) is 7.12. The van der Waals surface area contributed by atoms with Gasteiger partial charge in [0, 0.05) is 12.2 Å². The zero-order valence-electron chi connectivity index (χ0n) is 10.5. The van der Waals surface area contributed by atoms with Crippen molar-refractivity contribution in [2.24, 2.45) is 5.14 Å². The van der Waals surface area contributed by atoms with Gasteiger partial charge in [0.25, 0.3) is 10.2 Å². The number of nitrogens with one attached hydrogen (secondary N) is 2. The Morgan fingerprint density at radius 2 is 1.68 bits per heavy atom. The zero-order valence-corrected chi connectivity index (χ0v) is 12.1. The van der Waals surface area contributed by atoms with E-state index in [4.69, 9.17) is 5.14 Å². The molecule has 0 aliphatic rings. The molecule has 1 aromatic rings. The predicted molar refractivity (Wildman–Crippen MR) is 74.1 cm³/mol. The molecule has 0 amide bonds. The van der Waals surface area contributed by atoms with Crippen LogP contribution in [-0.4, -0.2) is 23.4 Å². The van der Waals surface area contributed by atoms with E-state index >= 15 is 0 Å². The second kappa shape index (κ2) is 6.33. The fourth-order valence-corrected chi connectivity index (χ4v) is 2.98. The molecule has 0 aliphatic carbocycles. The smallest absolute Gasteiger partial charge is 0.271 e. The third-order valence-corrected chi connectivity index (χ3v) is 3.94. The van der Waals surface area contributed by atoms with Crippen molar-refractivity contribution < 1.29 is 16.8 Å². The molecule has 0 radical (unpaired) electrons. The molecule has 0 unspecified atom stereocenters. The molecule has 0 fully saturated rings. The van der Waals surface area contributed by atoms with Gasteiger partial charge >= 0.3 is 0 Å². The number of benzene rings is 1. The van der Waals surface area contributed by atoms with Crippen LogP contribution in [0.15, 0.2) is 24.3 Å². The lowest BCUT2D eigenvalue weighted by molar-refractivity contribution is 0.586. The molecule has 0 bridgehead atoms. The van der Waals surface area contributed by atoms with Crippen molar-refractivity contribution in [2.45, 2.75) is 19.1 Å². The van der Waals surface area contributed by atoms with Gasteiger partial charge in [-0.3, -0.25) is 4.72 Å². The first-order valence-corrected chi connectivity index (χ1v) is 8.78. The molecule has 1 aromatic carbocycles. The molecule has 19 heavy (non-hydrogen) atoms. The molecule has 9 heteroatoms. The van der Waals surface area contributed by atoms with Crippen LogP contribution >= 0.6 is 0 Å². The van der Waals surface area contributed by atoms with Gasteiger partial charge in [-0.1, -0.05) is 19.1 Å². The number of hydrogen-bond donors (Lipinski definition) is 3. The van der Waals surface area contributed by atoms with E-state index < -0.39 is 20.2 Å². The van der Waals surface area contributed by atoms with Crippen LogP contribution in [0, 0.1) is 0 Å². The lowest BCUT2D eigenvalue weighted by Crippen LogP contribution is -2.30. The Balaban J connectivity index is 2.72. The second-order valence-electron chi connectivity index (χ2n) is 4.00. The monoisotopic (exact) mass is 307 g/mol. The lowest BCUT2D eigenvalue weighted by Gasteiger charge is -2.09. The largest absolute Gasteiger partial charge is 0.299 e. The van der Waals surface area contributed by atoms with Crippen molar-refractivity contribution in [1.82, 2.24) is 4.72 Å². The minimum Gasteiger partial charge on any atom is -0.271 e. The molecule has 0 saturated carbocycles. The first kappa shape index (κ1) is 15.9. The molecule has 108 valence electrons. The first-order chi connectivity index (χ1) is 8.72. The quantitative estimate of drug-likeness (QED) is 0.663. The van der Waals surface area contributed by atoms with Crippen LogP contribution < -0.4 is 14.6 Å². The minimum absolute atomic E-state index is 0.284. The molecular formula is C10H17N3O4S2. The molecule has 0 spiro atoms. The highest BCUT2D eigenvalue weighted by Crippen LogP contribution is 2.12. The van der Waals surface area contributed by atoms with E-state index in [0.29, 0.717) is 24.2 Å². The zero-order chi connectivity index (χ0) is 14.5. The number of primary sulfonamides is 1. The summed E-state index contributed by atoms with van der Waals surface area (Å²) in [5.74, 6) is -0.284. The van der Waals surface area contributed by atoms with E-state index in [0.717, 1.165) is 0 Å². The highest BCUT2D eigenvalue weighted by molar-refractivity contribution is 7.90. The minimum atomic E-state index is -3.59. The van der Waals surface area contributed by atoms with Gasteiger partial charge in [0.2, 0.25) is 10.0 Å². The van der Waals surface area contributed by atoms with E-state index in [2.05, 4.69) is 9.44 Å². The van der Waals surface area contributed by atoms with E-state index in [1.807, 2.05) is 6.92 Å². The summed E-state index contributed by atoms with van der Waals surface area (Å²) in [6.45, 7) is 2.20. The highest BCUT2D eigenvalue weighted by atomic mass is 32.2. The molecule has 1 rings (SSSR count). The van der Waals surface area contributed by atoms with Crippen LogP contribution in [0.4, 0.5) is 5.69 Å². The summed E-state index contributed by atoms with van der Waals surface area (Å²) >= 11 is 0. The Kier molecular flexibility index (Phi) is 5.29. The maximum absolute atomic E-state index is 11.5. The Labute approximate surface area is 113 Å². The lowest BCUT2D eigenvalue weighted by atomic mass is 10.2. The van der Waals surface area contributed by atoms with Crippen LogP contribution in [0.3, 0.4) is 0 Å². The third-order valence-electron chi connectivity index (χ3n) is 2.12. The average molecular weight is 307 g/mol. The van der Waals surface area contributed by atoms with Gasteiger partial charge in [0.15, 0.2) is 0 Å². The summed E-state index contributed by atoms with van der Waals surface area (Å²) < 4.78 is 49.5. The van der Waals surface area contributed by atoms with Gasteiger partial charge in [-0.25, -0.2) is 13.6 Å². The maximum atomic E-state index is 11.5. The number of hydrogen-bond acceptors (Lipinski definition) is 4. The fourth-order valence-electron chi connectivity index (χ4n) is 1.33. The molecule has 7 nitrogen and oxygen atoms in total. The summed E-state index contributed by atoms with van der Waals surface area (Å²) in [5.41, 5.74) is 0.841. The molecule has 0 saturated heterocycles. The van der Waals surface area contributed by atoms with Gasteiger partial charge < -0.3 is 0 Å². The predicted octanol–water partition coefficient (Wildman–Crippen LogP) is 0.131. The standard InChI is InChI=1S/C10H17N3O4S2/c1-2-7-12-19(16,17)13-10-5-3-9(4-6-10)8-18(11,14)15/h3-6,12-13H,2,7-8H2,1H3,(H2,11,14,15). The van der Waals surface area contributed by atoms with Crippen molar-refractivity contribution in [2.75, 3.05) is 11.3 Å². The molecule has 0 heterocycles. The van der Waals surface area contributed by atoms with E-state index in [1.54, 1.807) is 0 Å². The Bertz CT molecular complexity index is 609. The number of nitrogens with two attached hydrogens (primary N) is 1. The topological polar surface area (TPSA) is 118 Å². The number of anilines is 1. The summed E-state index contributed by atoms with van der Waals surface area (Å²) in [4.78, 5) is 0. The summed E-state index contributed by atoms with van der Waals surface area (Å²) in [5, 5.41) is 4.91. The van der Waals surface area contributed by atoms with Crippen molar-refractivity contribution in [3.05, 3.63) is 29.8 Å². The Morgan fingerprint density at radius 3 is 2.16 bits per heavy atom. The van der Waals surface area contributed by atoms with Crippen LogP contribution in [0.2, 0.25) is 0 Å². The summed E-state index contributed by atoms with van der Waals surface area (Å²) in [7, 11) is -7.18. The first-order valence-electron chi connectivity index (χ1n) is 5.58. The molecular weight excluding hydrogens is 290 g/mol. The van der Waals surface area contributed by atoms with Gasteiger partial charge in [-0.2, -0.15) is 13.1 Å². The van der Waals surface area contributed by atoms with Crippen LogP contribution in [0.1, 0.15) is 18.9 Å².